The van der Waals surface area contributed by atoms with Gasteiger partial charge in [0.1, 0.15) is 5.03 Å². The number of rotatable bonds is 6. The van der Waals surface area contributed by atoms with Gasteiger partial charge in [-0.05, 0) is 25.2 Å². The molecule has 0 aromatic carbocycles. The van der Waals surface area contributed by atoms with Gasteiger partial charge in [0, 0.05) is 31.9 Å². The lowest BCUT2D eigenvalue weighted by Crippen LogP contribution is -2.37. The lowest BCUT2D eigenvalue weighted by molar-refractivity contribution is 0.0206. The standard InChI is InChI=1S/C17H24N6O3S2/c1-13-10-15(19-16(18-13)22-4-8-25-9-5-22)28-11-14-20-23(17(27)26-14)12-21-2-6-24-7-3-21/h10H,2-9,11-12H2,1H3. The molecule has 0 unspecified atom stereocenters. The molecule has 4 heterocycles. The van der Waals surface area contributed by atoms with Crippen molar-refractivity contribution in [3.8, 4) is 0 Å². The quantitative estimate of drug-likeness (QED) is 0.388. The van der Waals surface area contributed by atoms with E-state index in [9.17, 15) is 0 Å². The van der Waals surface area contributed by atoms with E-state index in [1.54, 1.807) is 16.4 Å². The Morgan fingerprint density at radius 3 is 2.54 bits per heavy atom. The normalized spacial score (nSPS) is 18.5. The zero-order chi connectivity index (χ0) is 19.3. The summed E-state index contributed by atoms with van der Waals surface area (Å²) in [5.74, 6) is 1.93. The number of aryl methyl sites for hydroxylation is 1. The summed E-state index contributed by atoms with van der Waals surface area (Å²) >= 11 is 6.90. The molecule has 0 aliphatic carbocycles. The number of hydrogen-bond acceptors (Lipinski definition) is 10. The molecule has 0 N–H and O–H groups in total. The minimum absolute atomic E-state index is 0.398. The third-order valence-electron chi connectivity index (χ3n) is 4.54. The molecule has 4 rings (SSSR count). The van der Waals surface area contributed by atoms with Crippen molar-refractivity contribution in [3.63, 3.8) is 0 Å². The highest BCUT2D eigenvalue weighted by molar-refractivity contribution is 7.98. The van der Waals surface area contributed by atoms with Crippen LogP contribution < -0.4 is 4.90 Å². The molecule has 2 aromatic heterocycles. The van der Waals surface area contributed by atoms with E-state index in [0.29, 0.717) is 36.4 Å². The molecule has 0 amide bonds. The van der Waals surface area contributed by atoms with Crippen LogP contribution in [0.1, 0.15) is 11.6 Å². The molecule has 11 heteroatoms. The first kappa shape index (κ1) is 19.8. The summed E-state index contributed by atoms with van der Waals surface area (Å²) in [6.07, 6.45) is 0. The van der Waals surface area contributed by atoms with Crippen LogP contribution in [-0.4, -0.2) is 77.3 Å². The topological polar surface area (TPSA) is 81.7 Å². The SMILES string of the molecule is Cc1cc(SCc2nn(CN3CCOCC3)c(=S)o2)nc(N2CCOCC2)n1. The summed E-state index contributed by atoms with van der Waals surface area (Å²) in [4.78, 5) is 14.1. The summed E-state index contributed by atoms with van der Waals surface area (Å²) in [6.45, 7) is 8.90. The van der Waals surface area contributed by atoms with Crippen LogP contribution in [0.5, 0.6) is 0 Å². The Bertz CT molecular complexity index is 846. The Balaban J connectivity index is 1.39. The molecular formula is C17H24N6O3S2. The molecule has 2 aliphatic heterocycles. The van der Waals surface area contributed by atoms with Crippen molar-refractivity contribution in [1.82, 2.24) is 24.6 Å². The van der Waals surface area contributed by atoms with Gasteiger partial charge in [0.05, 0.1) is 38.8 Å². The third-order valence-corrected chi connectivity index (χ3v) is 5.73. The van der Waals surface area contributed by atoms with Crippen molar-refractivity contribution in [2.75, 3.05) is 57.5 Å². The molecule has 0 atom stereocenters. The minimum atomic E-state index is 0.398. The average molecular weight is 425 g/mol. The number of morpholine rings is 2. The van der Waals surface area contributed by atoms with E-state index in [2.05, 4.69) is 19.9 Å². The number of nitrogens with zero attached hydrogens (tertiary/aromatic N) is 6. The number of anilines is 1. The van der Waals surface area contributed by atoms with Gasteiger partial charge in [-0.25, -0.2) is 14.6 Å². The van der Waals surface area contributed by atoms with Gasteiger partial charge >= 0.3 is 0 Å². The second kappa shape index (κ2) is 9.31. The lowest BCUT2D eigenvalue weighted by atomic mass is 10.4. The Hall–Kier alpha value is -1.53. The molecule has 2 saturated heterocycles. The van der Waals surface area contributed by atoms with Crippen molar-refractivity contribution in [1.29, 1.82) is 0 Å². The maximum Gasteiger partial charge on any atom is 0.288 e. The molecule has 28 heavy (non-hydrogen) atoms. The van der Waals surface area contributed by atoms with E-state index in [1.165, 1.54) is 0 Å². The van der Waals surface area contributed by atoms with E-state index in [-0.39, 0.29) is 0 Å². The zero-order valence-corrected chi connectivity index (χ0v) is 17.5. The third kappa shape index (κ3) is 5.09. The molecule has 0 radical (unpaired) electrons. The molecule has 2 fully saturated rings. The van der Waals surface area contributed by atoms with Crippen LogP contribution in [0.2, 0.25) is 0 Å². The first-order chi connectivity index (χ1) is 13.7. The van der Waals surface area contributed by atoms with Gasteiger partial charge in [0.25, 0.3) is 4.84 Å². The smallest absolute Gasteiger partial charge is 0.288 e. The fourth-order valence-corrected chi connectivity index (χ4v) is 4.05. The van der Waals surface area contributed by atoms with Gasteiger partial charge in [0.15, 0.2) is 0 Å². The predicted octanol–water partition coefficient (Wildman–Crippen LogP) is 1.72. The summed E-state index contributed by atoms with van der Waals surface area (Å²) in [6, 6.07) is 1.98. The van der Waals surface area contributed by atoms with E-state index in [0.717, 1.165) is 56.1 Å². The predicted molar refractivity (Wildman–Crippen MR) is 107 cm³/mol. The molecule has 0 spiro atoms. The highest BCUT2D eigenvalue weighted by atomic mass is 32.2. The van der Waals surface area contributed by atoms with Crippen molar-refractivity contribution >= 4 is 29.9 Å². The fraction of sp³-hybridized carbons (Fsp3) is 0.647. The summed E-state index contributed by atoms with van der Waals surface area (Å²) < 4.78 is 18.2. The monoisotopic (exact) mass is 424 g/mol. The summed E-state index contributed by atoms with van der Waals surface area (Å²) in [5, 5.41) is 5.43. The van der Waals surface area contributed by atoms with Crippen LogP contribution in [0.3, 0.4) is 0 Å². The Morgan fingerprint density at radius 2 is 1.79 bits per heavy atom. The summed E-state index contributed by atoms with van der Waals surface area (Å²) in [7, 11) is 0. The number of thioether (sulfide) groups is 1. The van der Waals surface area contributed by atoms with Crippen LogP contribution in [0.4, 0.5) is 5.95 Å². The van der Waals surface area contributed by atoms with Crippen LogP contribution in [-0.2, 0) is 21.9 Å². The molecule has 152 valence electrons. The molecule has 0 saturated carbocycles. The highest BCUT2D eigenvalue weighted by Gasteiger charge is 2.17. The first-order valence-corrected chi connectivity index (χ1v) is 10.7. The van der Waals surface area contributed by atoms with E-state index >= 15 is 0 Å². The maximum absolute atomic E-state index is 5.67. The Kier molecular flexibility index (Phi) is 6.58. The van der Waals surface area contributed by atoms with Crippen LogP contribution >= 0.6 is 24.0 Å². The molecule has 0 bridgehead atoms. The number of hydrogen-bond donors (Lipinski definition) is 0. The molecule has 9 nitrogen and oxygen atoms in total. The molecule has 2 aromatic rings. The van der Waals surface area contributed by atoms with Crippen LogP contribution in [0, 0.1) is 11.8 Å². The van der Waals surface area contributed by atoms with E-state index < -0.39 is 0 Å². The van der Waals surface area contributed by atoms with Gasteiger partial charge < -0.3 is 18.8 Å². The van der Waals surface area contributed by atoms with Crippen molar-refractivity contribution < 1.29 is 13.9 Å². The van der Waals surface area contributed by atoms with Gasteiger partial charge in [-0.3, -0.25) is 4.90 Å². The van der Waals surface area contributed by atoms with Gasteiger partial charge in [-0.1, -0.05) is 11.8 Å². The van der Waals surface area contributed by atoms with Crippen molar-refractivity contribution in [3.05, 3.63) is 22.5 Å². The number of ether oxygens (including phenoxy) is 2. The van der Waals surface area contributed by atoms with Crippen molar-refractivity contribution in [2.45, 2.75) is 24.4 Å². The van der Waals surface area contributed by atoms with Gasteiger partial charge in [-0.15, -0.1) is 5.10 Å². The molecular weight excluding hydrogens is 400 g/mol. The number of aromatic nitrogens is 4. The van der Waals surface area contributed by atoms with Crippen LogP contribution in [0.25, 0.3) is 0 Å². The second-order valence-electron chi connectivity index (χ2n) is 6.67. The summed E-state index contributed by atoms with van der Waals surface area (Å²) in [5.41, 5.74) is 0.942. The van der Waals surface area contributed by atoms with Gasteiger partial charge in [-0.2, -0.15) is 0 Å². The molecule has 2 aliphatic rings. The zero-order valence-electron chi connectivity index (χ0n) is 15.9. The van der Waals surface area contributed by atoms with Gasteiger partial charge in [0.2, 0.25) is 11.8 Å². The van der Waals surface area contributed by atoms with Crippen molar-refractivity contribution in [2.24, 2.45) is 0 Å². The largest absolute Gasteiger partial charge is 0.413 e. The van der Waals surface area contributed by atoms with E-state index in [1.807, 2.05) is 13.0 Å². The first-order valence-electron chi connectivity index (χ1n) is 9.35. The second-order valence-corrected chi connectivity index (χ2v) is 8.01. The Labute approximate surface area is 173 Å². The highest BCUT2D eigenvalue weighted by Crippen LogP contribution is 2.23. The minimum Gasteiger partial charge on any atom is -0.413 e. The average Bonchev–Trinajstić information content (AvgIpc) is 3.07. The lowest BCUT2D eigenvalue weighted by Gasteiger charge is -2.27. The fourth-order valence-electron chi connectivity index (χ4n) is 3.07. The maximum atomic E-state index is 5.67. The Morgan fingerprint density at radius 1 is 1.07 bits per heavy atom. The van der Waals surface area contributed by atoms with E-state index in [4.69, 9.17) is 31.1 Å². The van der Waals surface area contributed by atoms with Crippen LogP contribution in [0.15, 0.2) is 15.5 Å².